The molecule has 1 amide bonds. The molecule has 7 N–H and O–H groups in total. The summed E-state index contributed by atoms with van der Waals surface area (Å²) in [6.07, 6.45) is 9.79. The summed E-state index contributed by atoms with van der Waals surface area (Å²) in [5.41, 5.74) is 2.38. The number of ether oxygens (including phenoxy) is 2. The van der Waals surface area contributed by atoms with E-state index in [0.717, 1.165) is 32.9 Å². The molecule has 6 rings (SSSR count). The molecule has 0 aliphatic carbocycles. The van der Waals surface area contributed by atoms with Gasteiger partial charge in [-0.3, -0.25) is 37.3 Å². The van der Waals surface area contributed by atoms with E-state index in [9.17, 15) is 63.8 Å². The van der Waals surface area contributed by atoms with Crippen LogP contribution in [0.4, 0.5) is 11.4 Å². The van der Waals surface area contributed by atoms with E-state index in [4.69, 9.17) is 18.9 Å². The van der Waals surface area contributed by atoms with Crippen molar-refractivity contribution >= 4 is 88.7 Å². The van der Waals surface area contributed by atoms with Crippen LogP contribution in [-0.2, 0) is 72.2 Å². The molecule has 0 spiro atoms. The third-order valence-electron chi connectivity index (χ3n) is 13.4. The number of hydrogen-bond donors (Lipinski definition) is 7. The average molecular weight is 1260 g/mol. The van der Waals surface area contributed by atoms with Gasteiger partial charge in [0.05, 0.1) is 27.9 Å². The number of anilines is 1. The first kappa shape index (κ1) is 65.3. The number of aromatic nitrogens is 2. The van der Waals surface area contributed by atoms with Crippen LogP contribution in [0.2, 0.25) is 0 Å². The number of rotatable bonds is 27. The molecule has 25 nitrogen and oxygen atoms in total. The second kappa shape index (κ2) is 26.0. The van der Waals surface area contributed by atoms with Crippen LogP contribution in [0.1, 0.15) is 103 Å². The number of carbonyl (C=O) groups excluding carboxylic acids is 1. The number of benzene rings is 2. The van der Waals surface area contributed by atoms with Crippen LogP contribution in [0.5, 0.6) is 0 Å². The Morgan fingerprint density at radius 3 is 2.29 bits per heavy atom. The van der Waals surface area contributed by atoms with Crippen molar-refractivity contribution in [3.8, 4) is 0 Å². The van der Waals surface area contributed by atoms with Crippen molar-refractivity contribution in [1.29, 1.82) is 0 Å². The molecule has 80 heavy (non-hydrogen) atoms. The van der Waals surface area contributed by atoms with Crippen LogP contribution >= 0.6 is 45.5 Å². The van der Waals surface area contributed by atoms with Crippen molar-refractivity contribution in [2.75, 3.05) is 37.1 Å². The summed E-state index contributed by atoms with van der Waals surface area (Å²) < 4.78 is 131. The van der Waals surface area contributed by atoms with Gasteiger partial charge in [0.25, 0.3) is 25.8 Å². The fraction of sp³-hybridized carbons (Fsp3) is 0.500. The molecule has 2 aromatic carbocycles. The SMILES string of the molecule is CCN1/C(=C/C=C/C=C/C2=[N+](CCCCCC(=O)NCC(C)(C)SSCO[C@@H]3C[C@H](n4cc(C)c(=O)[nH]c4=O)O[C@@H]3COP(=O)(O)OP(=O)(O)O[PH](=O)O)c3ccc(S(=O)(=O)O)cc3C2(C)C)C(C)(C)c2cc(S(=O)(=O)O)ccc21. The van der Waals surface area contributed by atoms with Gasteiger partial charge < -0.3 is 34.4 Å². The van der Waals surface area contributed by atoms with Gasteiger partial charge in [-0.05, 0) is 96.4 Å². The van der Waals surface area contributed by atoms with E-state index in [1.165, 1.54) is 59.0 Å². The molecule has 3 aliphatic heterocycles. The Morgan fingerprint density at radius 1 is 0.975 bits per heavy atom. The molecule has 3 aromatic rings. The number of likely N-dealkylation sites (N-methyl/N-ethyl adjacent to an activating group) is 1. The van der Waals surface area contributed by atoms with Gasteiger partial charge >= 0.3 is 29.6 Å². The lowest BCUT2D eigenvalue weighted by Gasteiger charge is -2.25. The van der Waals surface area contributed by atoms with Gasteiger partial charge in [0, 0.05) is 83.4 Å². The van der Waals surface area contributed by atoms with Crippen molar-refractivity contribution in [1.82, 2.24) is 14.9 Å². The molecule has 4 heterocycles. The number of aromatic amines is 1. The first-order valence-corrected chi connectivity index (χ1v) is 34.3. The van der Waals surface area contributed by atoms with Crippen LogP contribution in [0.3, 0.4) is 0 Å². The van der Waals surface area contributed by atoms with Gasteiger partial charge in [-0.1, -0.05) is 53.7 Å². The minimum absolute atomic E-state index is 0.000758. The third-order valence-corrected chi connectivity index (χ3v) is 21.7. The minimum Gasteiger partial charge on any atom is -0.364 e. The van der Waals surface area contributed by atoms with E-state index >= 15 is 0 Å². The van der Waals surface area contributed by atoms with Crippen LogP contribution in [0.15, 0.2) is 98.1 Å². The number of amides is 1. The predicted molar refractivity (Wildman–Crippen MR) is 302 cm³/mol. The molecule has 3 aliphatic rings. The van der Waals surface area contributed by atoms with Gasteiger partial charge in [-0.15, -0.1) is 0 Å². The molecule has 0 bridgehead atoms. The lowest BCUT2D eigenvalue weighted by molar-refractivity contribution is -0.438. The summed E-state index contributed by atoms with van der Waals surface area (Å²) in [5, 5.41) is 2.98. The fourth-order valence-corrected chi connectivity index (χ4v) is 15.4. The van der Waals surface area contributed by atoms with Crippen LogP contribution in [-0.4, -0.2) is 116 Å². The summed E-state index contributed by atoms with van der Waals surface area (Å²) >= 11 is 0. The minimum atomic E-state index is -5.50. The number of phosphoric acid groups is 2. The molecule has 0 saturated carbocycles. The number of fused-ring (bicyclic) bond motifs is 2. The zero-order chi connectivity index (χ0) is 59.4. The number of carbonyl (C=O) groups is 1. The van der Waals surface area contributed by atoms with E-state index in [2.05, 4.69) is 28.4 Å². The summed E-state index contributed by atoms with van der Waals surface area (Å²) in [6, 6.07) is 9.11. The van der Waals surface area contributed by atoms with Crippen molar-refractivity contribution in [2.45, 2.75) is 131 Å². The van der Waals surface area contributed by atoms with E-state index in [-0.39, 0.29) is 46.6 Å². The van der Waals surface area contributed by atoms with Crippen molar-refractivity contribution in [3.05, 3.63) is 116 Å². The molecular formula is C48H67N5O20P3S4+. The number of phosphoric ester groups is 1. The highest BCUT2D eigenvalue weighted by molar-refractivity contribution is 8.77. The summed E-state index contributed by atoms with van der Waals surface area (Å²) in [4.78, 5) is 70.0. The molecule has 6 atom stereocenters. The Kier molecular flexibility index (Phi) is 21.2. The van der Waals surface area contributed by atoms with Gasteiger partial charge in [-0.25, -0.2) is 18.2 Å². The number of aryl methyl sites for hydroxylation is 1. The quantitative estimate of drug-likeness (QED) is 0.00747. The number of hydrogen-bond acceptors (Lipinski definition) is 18. The average Bonchev–Trinajstić information content (AvgIpc) is 4.16. The number of nitrogens with zero attached hydrogens (tertiary/aromatic N) is 3. The van der Waals surface area contributed by atoms with Crippen LogP contribution in [0, 0.1) is 6.92 Å². The Hall–Kier alpha value is -3.83. The largest absolute Gasteiger partial charge is 0.488 e. The topological polar surface area (TPSA) is 357 Å². The Morgan fingerprint density at radius 2 is 1.64 bits per heavy atom. The first-order chi connectivity index (χ1) is 37.1. The molecule has 1 fully saturated rings. The lowest BCUT2D eigenvalue weighted by Crippen LogP contribution is -2.35. The monoisotopic (exact) mass is 1250 g/mol. The summed E-state index contributed by atoms with van der Waals surface area (Å²) in [6.45, 7) is 15.8. The van der Waals surface area contributed by atoms with E-state index in [1.54, 1.807) is 12.1 Å². The number of unbranched alkanes of at least 4 members (excludes halogenated alkanes) is 2. The van der Waals surface area contributed by atoms with Crippen molar-refractivity contribution in [3.63, 3.8) is 0 Å². The highest BCUT2D eigenvalue weighted by atomic mass is 33.1. The normalized spacial score (nSPS) is 21.5. The van der Waals surface area contributed by atoms with Crippen LogP contribution < -0.4 is 21.5 Å². The zero-order valence-electron chi connectivity index (χ0n) is 45.0. The maximum Gasteiger partial charge on any atom is 0.488 e. The van der Waals surface area contributed by atoms with E-state index < -0.39 is 96.0 Å². The Bertz CT molecular complexity index is 3450. The highest BCUT2D eigenvalue weighted by Gasteiger charge is 2.46. The number of nitrogens with one attached hydrogen (secondary N) is 2. The van der Waals surface area contributed by atoms with E-state index in [0.29, 0.717) is 37.9 Å². The summed E-state index contributed by atoms with van der Waals surface area (Å²) in [7, 11) is -21.2. The smallest absolute Gasteiger partial charge is 0.364 e. The fourth-order valence-electron chi connectivity index (χ4n) is 9.46. The van der Waals surface area contributed by atoms with Gasteiger partial charge in [0.2, 0.25) is 11.6 Å². The van der Waals surface area contributed by atoms with Crippen molar-refractivity contribution < 1.29 is 86.3 Å². The zero-order valence-corrected chi connectivity index (χ0v) is 51.0. The molecule has 442 valence electrons. The summed E-state index contributed by atoms with van der Waals surface area (Å²) in [5.74, 6) is -0.166. The lowest BCUT2D eigenvalue weighted by atomic mass is 9.81. The standard InChI is InChI=1S/C48H66N5O20P3S4/c1-9-51-36-21-19-32(79(63,64)65)24-34(36)47(5,6)40(51)16-12-10-13-17-41-48(7,8)35-25-33(80(66,67)68)20-22-37(35)52(41)23-15-11-14-18-42(54)49-29-46(3,4)78-77-30-69-38-26-43(53-27-31(2)44(55)50-45(53)56)71-39(38)28-70-75(59,60)73-76(61,62)72-74(57)58/h10,12-13,16-17,19-22,24-25,27,38-39,43,74H,9,11,14-15,18,23,26,28-30H2,1-8H3,(H6-,49,50,54,55,56,57,58,59,60,61,62,63,64,65,66,67,68)/p+1/t38-,39-,43-/m1/s1. The predicted octanol–water partition coefficient (Wildman–Crippen LogP) is 7.33. The van der Waals surface area contributed by atoms with Gasteiger partial charge in [-0.2, -0.15) is 25.7 Å². The Labute approximate surface area is 472 Å². The third kappa shape index (κ3) is 16.5. The molecule has 32 heteroatoms. The Balaban J connectivity index is 1.03. The molecule has 1 aromatic heterocycles. The molecule has 1 saturated heterocycles. The van der Waals surface area contributed by atoms with Gasteiger partial charge in [0.1, 0.15) is 24.8 Å². The number of allylic oxidation sites excluding steroid dienone is 6. The highest BCUT2D eigenvalue weighted by Crippen LogP contribution is 2.63. The van der Waals surface area contributed by atoms with Crippen molar-refractivity contribution in [2.24, 2.45) is 0 Å². The van der Waals surface area contributed by atoms with E-state index in [1.807, 2.05) is 78.8 Å². The molecule has 3 unspecified atom stereocenters. The molecular weight excluding hydrogens is 1190 g/mol. The maximum absolute atomic E-state index is 13.1. The van der Waals surface area contributed by atoms with Crippen LogP contribution in [0.25, 0.3) is 0 Å². The maximum atomic E-state index is 13.1. The number of H-pyrrole nitrogens is 1. The van der Waals surface area contributed by atoms with Gasteiger partial charge in [0.15, 0.2) is 5.71 Å². The second-order valence-electron chi connectivity index (χ2n) is 20.5. The molecule has 0 radical (unpaired) electrons. The first-order valence-electron chi connectivity index (χ1n) is 24.9. The second-order valence-corrected chi connectivity index (χ2v) is 30.4.